The van der Waals surface area contributed by atoms with Gasteiger partial charge in [-0.05, 0) is 13.0 Å². The fourth-order valence-corrected chi connectivity index (χ4v) is 2.34. The second-order valence-electron chi connectivity index (χ2n) is 4.78. The zero-order valence-corrected chi connectivity index (χ0v) is 11.3. The van der Waals surface area contributed by atoms with E-state index in [1.54, 1.807) is 19.2 Å². The van der Waals surface area contributed by atoms with Gasteiger partial charge in [0.2, 0.25) is 0 Å². The minimum Gasteiger partial charge on any atom is -0.496 e. The lowest BCUT2D eigenvalue weighted by Crippen LogP contribution is -2.49. The number of nitrogens with one attached hydrogen (secondary N) is 1. The van der Waals surface area contributed by atoms with Crippen molar-refractivity contribution in [2.24, 2.45) is 0 Å². The van der Waals surface area contributed by atoms with Crippen LogP contribution in [0, 0.1) is 10.1 Å². The number of hydrogen-bond donors (Lipinski definition) is 1. The Morgan fingerprint density at radius 3 is 3.00 bits per heavy atom. The van der Waals surface area contributed by atoms with E-state index >= 15 is 0 Å². The Kier molecular flexibility index (Phi) is 4.34. The summed E-state index contributed by atoms with van der Waals surface area (Å²) in [4.78, 5) is 12.8. The highest BCUT2D eigenvalue weighted by molar-refractivity contribution is 5.43. The Labute approximate surface area is 112 Å². The average molecular weight is 265 g/mol. The lowest BCUT2D eigenvalue weighted by atomic mass is 10.1. The van der Waals surface area contributed by atoms with Gasteiger partial charge in [0.25, 0.3) is 5.69 Å². The molecule has 6 nitrogen and oxygen atoms in total. The van der Waals surface area contributed by atoms with Crippen LogP contribution in [-0.2, 0) is 6.54 Å². The summed E-state index contributed by atoms with van der Waals surface area (Å²) < 4.78 is 5.29. The van der Waals surface area contributed by atoms with Crippen LogP contribution in [-0.4, -0.2) is 42.6 Å². The van der Waals surface area contributed by atoms with Crippen molar-refractivity contribution >= 4 is 5.69 Å². The molecule has 1 aliphatic heterocycles. The maximum absolute atomic E-state index is 10.9. The first kappa shape index (κ1) is 13.8. The Balaban J connectivity index is 2.21. The highest BCUT2D eigenvalue weighted by Crippen LogP contribution is 2.26. The molecular formula is C13H19N3O3. The number of benzene rings is 1. The van der Waals surface area contributed by atoms with Crippen molar-refractivity contribution < 1.29 is 9.66 Å². The Hall–Kier alpha value is -1.66. The number of non-ortho nitro benzene ring substituents is 1. The third-order valence-electron chi connectivity index (χ3n) is 3.49. The van der Waals surface area contributed by atoms with E-state index in [-0.39, 0.29) is 10.6 Å². The highest BCUT2D eigenvalue weighted by Gasteiger charge is 2.20. The van der Waals surface area contributed by atoms with Crippen molar-refractivity contribution in [2.75, 3.05) is 26.7 Å². The predicted octanol–water partition coefficient (Wildman–Crippen LogP) is 1.40. The van der Waals surface area contributed by atoms with Crippen molar-refractivity contribution in [3.8, 4) is 5.75 Å². The Morgan fingerprint density at radius 1 is 1.58 bits per heavy atom. The number of nitro groups is 1. The van der Waals surface area contributed by atoms with Crippen LogP contribution in [0.3, 0.4) is 0 Å². The van der Waals surface area contributed by atoms with Crippen LogP contribution in [0.15, 0.2) is 18.2 Å². The van der Waals surface area contributed by atoms with E-state index in [1.807, 2.05) is 0 Å². The molecule has 0 aliphatic carbocycles. The molecule has 1 aromatic rings. The Morgan fingerprint density at radius 2 is 2.37 bits per heavy atom. The van der Waals surface area contributed by atoms with Crippen LogP contribution in [0.5, 0.6) is 5.75 Å². The predicted molar refractivity (Wildman–Crippen MR) is 72.4 cm³/mol. The molecule has 0 bridgehead atoms. The fraction of sp³-hybridized carbons (Fsp3) is 0.538. The van der Waals surface area contributed by atoms with Gasteiger partial charge in [-0.3, -0.25) is 15.0 Å². The van der Waals surface area contributed by atoms with Crippen molar-refractivity contribution in [3.63, 3.8) is 0 Å². The standard InChI is InChI=1S/C13H19N3O3/c1-10-8-14-5-6-15(10)9-11-7-12(16(17)18)3-4-13(11)19-2/h3-4,7,10,14H,5-6,8-9H2,1-2H3. The van der Waals surface area contributed by atoms with Gasteiger partial charge in [-0.25, -0.2) is 0 Å². The lowest BCUT2D eigenvalue weighted by Gasteiger charge is -2.34. The number of nitrogens with zero attached hydrogens (tertiary/aromatic N) is 2. The van der Waals surface area contributed by atoms with Gasteiger partial charge in [-0.1, -0.05) is 0 Å². The molecule has 0 radical (unpaired) electrons. The van der Waals surface area contributed by atoms with Gasteiger partial charge in [0.05, 0.1) is 12.0 Å². The summed E-state index contributed by atoms with van der Waals surface area (Å²) in [5.74, 6) is 0.705. The molecule has 1 atom stereocenters. The van der Waals surface area contributed by atoms with Gasteiger partial charge in [0.1, 0.15) is 5.75 Å². The Bertz CT molecular complexity index is 464. The maximum atomic E-state index is 10.9. The number of piperazine rings is 1. The molecular weight excluding hydrogens is 246 g/mol. The van der Waals surface area contributed by atoms with Crippen LogP contribution in [0.1, 0.15) is 12.5 Å². The van der Waals surface area contributed by atoms with E-state index in [2.05, 4.69) is 17.1 Å². The first-order valence-electron chi connectivity index (χ1n) is 6.38. The molecule has 1 aliphatic rings. The molecule has 0 aromatic heterocycles. The van der Waals surface area contributed by atoms with Crippen molar-refractivity contribution in [1.29, 1.82) is 0 Å². The molecule has 1 fully saturated rings. The van der Waals surface area contributed by atoms with Crippen LogP contribution in [0.2, 0.25) is 0 Å². The molecule has 2 rings (SSSR count). The minimum atomic E-state index is -0.371. The van der Waals surface area contributed by atoms with Crippen molar-refractivity contribution in [2.45, 2.75) is 19.5 Å². The second-order valence-corrected chi connectivity index (χ2v) is 4.78. The molecule has 104 valence electrons. The van der Waals surface area contributed by atoms with Gasteiger partial charge in [0, 0.05) is 49.9 Å². The van der Waals surface area contributed by atoms with Crippen LogP contribution in [0.25, 0.3) is 0 Å². The largest absolute Gasteiger partial charge is 0.496 e. The quantitative estimate of drug-likeness (QED) is 0.658. The summed E-state index contributed by atoms with van der Waals surface area (Å²) in [5.41, 5.74) is 0.976. The third kappa shape index (κ3) is 3.21. The minimum absolute atomic E-state index is 0.110. The number of methoxy groups -OCH3 is 1. The topological polar surface area (TPSA) is 67.6 Å². The maximum Gasteiger partial charge on any atom is 0.270 e. The number of rotatable bonds is 4. The molecule has 1 unspecified atom stereocenters. The molecule has 1 saturated heterocycles. The normalized spacial score (nSPS) is 20.2. The van der Waals surface area contributed by atoms with Crippen LogP contribution in [0.4, 0.5) is 5.69 Å². The molecule has 0 saturated carbocycles. The van der Waals surface area contributed by atoms with Crippen LogP contribution < -0.4 is 10.1 Å². The van der Waals surface area contributed by atoms with Crippen LogP contribution >= 0.6 is 0 Å². The van der Waals surface area contributed by atoms with Crippen molar-refractivity contribution in [3.05, 3.63) is 33.9 Å². The molecule has 19 heavy (non-hydrogen) atoms. The molecule has 6 heteroatoms. The monoisotopic (exact) mass is 265 g/mol. The first-order valence-corrected chi connectivity index (χ1v) is 6.38. The van der Waals surface area contributed by atoms with Crippen molar-refractivity contribution in [1.82, 2.24) is 10.2 Å². The number of hydrogen-bond acceptors (Lipinski definition) is 5. The van der Waals surface area contributed by atoms with E-state index in [4.69, 9.17) is 4.74 Å². The third-order valence-corrected chi connectivity index (χ3v) is 3.49. The van der Waals surface area contributed by atoms with Gasteiger partial charge < -0.3 is 10.1 Å². The number of nitro benzene ring substituents is 1. The first-order chi connectivity index (χ1) is 9.11. The van der Waals surface area contributed by atoms with Gasteiger partial charge in [0.15, 0.2) is 0 Å². The van der Waals surface area contributed by atoms with Gasteiger partial charge >= 0.3 is 0 Å². The SMILES string of the molecule is COc1ccc([N+](=O)[O-])cc1CN1CCNCC1C. The van der Waals surface area contributed by atoms with Gasteiger partial charge in [-0.2, -0.15) is 0 Å². The second kappa shape index (κ2) is 5.99. The summed E-state index contributed by atoms with van der Waals surface area (Å²) in [6.07, 6.45) is 0. The average Bonchev–Trinajstić information content (AvgIpc) is 2.41. The molecule has 1 heterocycles. The summed E-state index contributed by atoms with van der Waals surface area (Å²) in [6.45, 7) is 5.65. The van der Waals surface area contributed by atoms with E-state index in [0.29, 0.717) is 18.3 Å². The lowest BCUT2D eigenvalue weighted by molar-refractivity contribution is -0.385. The smallest absolute Gasteiger partial charge is 0.270 e. The molecule has 1 aromatic carbocycles. The molecule has 1 N–H and O–H groups in total. The number of ether oxygens (including phenoxy) is 1. The van der Waals surface area contributed by atoms with Gasteiger partial charge in [-0.15, -0.1) is 0 Å². The zero-order chi connectivity index (χ0) is 13.8. The summed E-state index contributed by atoms with van der Waals surface area (Å²) in [5, 5.41) is 14.2. The zero-order valence-electron chi connectivity index (χ0n) is 11.3. The van der Waals surface area contributed by atoms with E-state index in [9.17, 15) is 10.1 Å². The van der Waals surface area contributed by atoms with E-state index in [0.717, 1.165) is 25.2 Å². The van der Waals surface area contributed by atoms with E-state index in [1.165, 1.54) is 6.07 Å². The summed E-state index contributed by atoms with van der Waals surface area (Å²) in [7, 11) is 1.59. The fourth-order valence-electron chi connectivity index (χ4n) is 2.34. The molecule has 0 spiro atoms. The molecule has 0 amide bonds. The highest BCUT2D eigenvalue weighted by atomic mass is 16.6. The van der Waals surface area contributed by atoms with E-state index < -0.39 is 0 Å². The summed E-state index contributed by atoms with van der Waals surface area (Å²) in [6, 6.07) is 5.16. The summed E-state index contributed by atoms with van der Waals surface area (Å²) >= 11 is 0.